The van der Waals surface area contributed by atoms with Crippen LogP contribution in [-0.4, -0.2) is 41.7 Å². The van der Waals surface area contributed by atoms with Crippen LogP contribution in [0.4, 0.5) is 0 Å². The molecule has 0 aromatic heterocycles. The van der Waals surface area contributed by atoms with Gasteiger partial charge in [-0.3, -0.25) is 4.79 Å². The number of carbonyl (C=O) groups excluding carboxylic acids is 1. The minimum atomic E-state index is -0.320. The first-order chi connectivity index (χ1) is 7.07. The molecule has 0 bridgehead atoms. The van der Waals surface area contributed by atoms with E-state index in [0.29, 0.717) is 13.1 Å². The topological polar surface area (TPSA) is 66.6 Å². The largest absolute Gasteiger partial charge is 0.395 e. The Labute approximate surface area is 91.4 Å². The average Bonchev–Trinajstić information content (AvgIpc) is 2.12. The van der Waals surface area contributed by atoms with Gasteiger partial charge in [0.2, 0.25) is 5.91 Å². The summed E-state index contributed by atoms with van der Waals surface area (Å²) in [5.74, 6) is 0.125. The van der Waals surface area contributed by atoms with Gasteiger partial charge in [0.1, 0.15) is 0 Å². The number of hydrogen-bond donors (Lipinski definition) is 2. The first kappa shape index (κ1) is 12.5. The van der Waals surface area contributed by atoms with Crippen LogP contribution in [0.2, 0.25) is 0 Å². The van der Waals surface area contributed by atoms with Crippen molar-refractivity contribution >= 4 is 5.91 Å². The molecule has 1 amide bonds. The molecule has 1 aliphatic rings. The predicted octanol–water partition coefficient (Wildman–Crippen LogP) is 0.345. The molecule has 0 aliphatic heterocycles. The second kappa shape index (κ2) is 4.94. The number of aliphatic hydroxyl groups is 1. The molecule has 3 N–H and O–H groups in total. The van der Waals surface area contributed by atoms with Crippen molar-refractivity contribution in [2.24, 2.45) is 11.1 Å². The van der Waals surface area contributed by atoms with Crippen LogP contribution < -0.4 is 5.73 Å². The monoisotopic (exact) mass is 214 g/mol. The SMILES string of the molecule is CC(C)N(CCO)C(=O)C1(CN)CCC1. The number of nitrogens with two attached hydrogens (primary N) is 1. The van der Waals surface area contributed by atoms with Crippen molar-refractivity contribution in [3.63, 3.8) is 0 Å². The molecule has 4 heteroatoms. The Kier molecular flexibility index (Phi) is 4.11. The lowest BCUT2D eigenvalue weighted by atomic mass is 9.67. The maximum absolute atomic E-state index is 12.2. The van der Waals surface area contributed by atoms with Crippen LogP contribution in [0.1, 0.15) is 33.1 Å². The zero-order valence-corrected chi connectivity index (χ0v) is 9.70. The average molecular weight is 214 g/mol. The molecule has 0 atom stereocenters. The number of amides is 1. The van der Waals surface area contributed by atoms with Gasteiger partial charge in [0, 0.05) is 19.1 Å². The van der Waals surface area contributed by atoms with Crippen molar-refractivity contribution in [3.8, 4) is 0 Å². The third-order valence-electron chi connectivity index (χ3n) is 3.38. The second-order valence-corrected chi connectivity index (χ2v) is 4.65. The first-order valence-electron chi connectivity index (χ1n) is 5.69. The van der Waals surface area contributed by atoms with Gasteiger partial charge in [-0.25, -0.2) is 0 Å². The number of nitrogens with zero attached hydrogens (tertiary/aromatic N) is 1. The third-order valence-corrected chi connectivity index (χ3v) is 3.38. The van der Waals surface area contributed by atoms with E-state index in [-0.39, 0.29) is 24.0 Å². The summed E-state index contributed by atoms with van der Waals surface area (Å²) in [7, 11) is 0. The van der Waals surface area contributed by atoms with Gasteiger partial charge in [0.05, 0.1) is 12.0 Å². The normalized spacial score (nSPS) is 18.7. The van der Waals surface area contributed by atoms with E-state index in [0.717, 1.165) is 19.3 Å². The predicted molar refractivity (Wildman–Crippen MR) is 59.3 cm³/mol. The molecule has 0 saturated heterocycles. The van der Waals surface area contributed by atoms with Crippen molar-refractivity contribution < 1.29 is 9.90 Å². The van der Waals surface area contributed by atoms with Crippen molar-refractivity contribution in [2.75, 3.05) is 19.7 Å². The van der Waals surface area contributed by atoms with E-state index in [1.54, 1.807) is 4.90 Å². The Balaban J connectivity index is 2.70. The van der Waals surface area contributed by atoms with Crippen molar-refractivity contribution in [3.05, 3.63) is 0 Å². The summed E-state index contributed by atoms with van der Waals surface area (Å²) in [5, 5.41) is 8.94. The number of hydrogen-bond acceptors (Lipinski definition) is 3. The van der Waals surface area contributed by atoms with Gasteiger partial charge in [-0.15, -0.1) is 0 Å². The van der Waals surface area contributed by atoms with Crippen LogP contribution in [0.5, 0.6) is 0 Å². The first-order valence-corrected chi connectivity index (χ1v) is 5.69. The number of aliphatic hydroxyl groups excluding tert-OH is 1. The highest BCUT2D eigenvalue weighted by Gasteiger charge is 2.45. The minimum absolute atomic E-state index is 0.0184. The molecule has 0 spiro atoms. The molecule has 1 aliphatic carbocycles. The third kappa shape index (κ3) is 2.32. The summed E-state index contributed by atoms with van der Waals surface area (Å²) >= 11 is 0. The maximum Gasteiger partial charge on any atom is 0.230 e. The van der Waals surface area contributed by atoms with Gasteiger partial charge >= 0.3 is 0 Å². The zero-order valence-electron chi connectivity index (χ0n) is 9.70. The summed E-state index contributed by atoms with van der Waals surface area (Å²) in [5.41, 5.74) is 5.37. The summed E-state index contributed by atoms with van der Waals surface area (Å²) in [6.07, 6.45) is 2.89. The number of rotatable bonds is 5. The molecule has 0 aromatic carbocycles. The Morgan fingerprint density at radius 1 is 1.53 bits per heavy atom. The smallest absolute Gasteiger partial charge is 0.230 e. The molecular formula is C11H22N2O2. The highest BCUT2D eigenvalue weighted by Crippen LogP contribution is 2.41. The van der Waals surface area contributed by atoms with Gasteiger partial charge in [0.25, 0.3) is 0 Å². The molecular weight excluding hydrogens is 192 g/mol. The molecule has 0 radical (unpaired) electrons. The van der Waals surface area contributed by atoms with E-state index >= 15 is 0 Å². The van der Waals surface area contributed by atoms with E-state index < -0.39 is 0 Å². The van der Waals surface area contributed by atoms with Crippen molar-refractivity contribution in [1.82, 2.24) is 4.90 Å². The standard InChI is InChI=1S/C11H22N2O2/c1-9(2)13(6-7-14)10(15)11(8-12)4-3-5-11/h9,14H,3-8,12H2,1-2H3. The van der Waals surface area contributed by atoms with Gasteiger partial charge in [-0.05, 0) is 26.7 Å². The minimum Gasteiger partial charge on any atom is -0.395 e. The van der Waals surface area contributed by atoms with E-state index in [9.17, 15) is 4.79 Å². The van der Waals surface area contributed by atoms with Crippen molar-refractivity contribution in [2.45, 2.75) is 39.2 Å². The highest BCUT2D eigenvalue weighted by molar-refractivity contribution is 5.84. The van der Waals surface area contributed by atoms with E-state index in [1.807, 2.05) is 13.8 Å². The molecule has 0 heterocycles. The molecule has 1 fully saturated rings. The fourth-order valence-corrected chi connectivity index (χ4v) is 2.12. The van der Waals surface area contributed by atoms with E-state index in [2.05, 4.69) is 0 Å². The summed E-state index contributed by atoms with van der Waals surface area (Å²) in [4.78, 5) is 14.0. The lowest BCUT2D eigenvalue weighted by molar-refractivity contribution is -0.149. The molecule has 1 rings (SSSR count). The fraction of sp³-hybridized carbons (Fsp3) is 0.909. The van der Waals surface area contributed by atoms with Crippen LogP contribution in [0.15, 0.2) is 0 Å². The van der Waals surface area contributed by atoms with Gasteiger partial charge in [-0.2, -0.15) is 0 Å². The molecule has 88 valence electrons. The van der Waals surface area contributed by atoms with Crippen LogP contribution >= 0.6 is 0 Å². The van der Waals surface area contributed by atoms with Crippen LogP contribution in [0.25, 0.3) is 0 Å². The second-order valence-electron chi connectivity index (χ2n) is 4.65. The molecule has 0 aromatic rings. The van der Waals surface area contributed by atoms with Crippen LogP contribution in [-0.2, 0) is 4.79 Å². The highest BCUT2D eigenvalue weighted by atomic mass is 16.3. The fourth-order valence-electron chi connectivity index (χ4n) is 2.12. The molecule has 0 unspecified atom stereocenters. The summed E-state index contributed by atoms with van der Waals surface area (Å²) < 4.78 is 0. The summed E-state index contributed by atoms with van der Waals surface area (Å²) in [6.45, 7) is 4.80. The van der Waals surface area contributed by atoms with Gasteiger partial charge < -0.3 is 15.7 Å². The Morgan fingerprint density at radius 2 is 2.13 bits per heavy atom. The molecule has 4 nitrogen and oxygen atoms in total. The zero-order chi connectivity index (χ0) is 11.5. The lowest BCUT2D eigenvalue weighted by Gasteiger charge is -2.43. The lowest BCUT2D eigenvalue weighted by Crippen LogP contribution is -2.54. The van der Waals surface area contributed by atoms with Gasteiger partial charge in [0.15, 0.2) is 0 Å². The molecule has 15 heavy (non-hydrogen) atoms. The van der Waals surface area contributed by atoms with E-state index in [1.165, 1.54) is 0 Å². The molecule has 1 saturated carbocycles. The summed E-state index contributed by atoms with van der Waals surface area (Å²) in [6, 6.07) is 0.133. The number of carbonyl (C=O) groups is 1. The Morgan fingerprint density at radius 3 is 2.40 bits per heavy atom. The Hall–Kier alpha value is -0.610. The van der Waals surface area contributed by atoms with Crippen LogP contribution in [0.3, 0.4) is 0 Å². The van der Waals surface area contributed by atoms with Crippen molar-refractivity contribution in [1.29, 1.82) is 0 Å². The van der Waals surface area contributed by atoms with E-state index in [4.69, 9.17) is 10.8 Å². The quantitative estimate of drug-likeness (QED) is 0.693. The van der Waals surface area contributed by atoms with Gasteiger partial charge in [-0.1, -0.05) is 6.42 Å². The Bertz CT molecular complexity index is 219. The van der Waals surface area contributed by atoms with Crippen LogP contribution in [0, 0.1) is 5.41 Å². The maximum atomic E-state index is 12.2.